The van der Waals surface area contributed by atoms with Gasteiger partial charge in [0.2, 0.25) is 0 Å². The molecule has 0 bridgehead atoms. The molecular formula is C8H7F2NO3. The highest BCUT2D eigenvalue weighted by Gasteiger charge is 2.18. The maximum absolute atomic E-state index is 12.7. The predicted octanol–water partition coefficient (Wildman–Crippen LogP) is 0.755. The molecule has 0 radical (unpaired) electrons. The second-order valence-electron chi connectivity index (χ2n) is 2.65. The van der Waals surface area contributed by atoms with Crippen LogP contribution in [0.5, 0.6) is 5.75 Å². The summed E-state index contributed by atoms with van der Waals surface area (Å²) >= 11 is 0. The Labute approximate surface area is 77.6 Å². The molecule has 14 heavy (non-hydrogen) atoms. The number of phenols is 1. The van der Waals surface area contributed by atoms with Crippen LogP contribution in [0.2, 0.25) is 0 Å². The SMILES string of the molecule is N[C@H](C(=O)O)c1cc(F)c(O)c(F)c1. The summed E-state index contributed by atoms with van der Waals surface area (Å²) in [6.45, 7) is 0. The van der Waals surface area contributed by atoms with Crippen molar-refractivity contribution in [3.63, 3.8) is 0 Å². The van der Waals surface area contributed by atoms with Crippen molar-refractivity contribution in [2.45, 2.75) is 6.04 Å². The van der Waals surface area contributed by atoms with E-state index in [1.807, 2.05) is 0 Å². The molecule has 6 heteroatoms. The Balaban J connectivity index is 3.19. The largest absolute Gasteiger partial charge is 0.503 e. The highest BCUT2D eigenvalue weighted by molar-refractivity contribution is 5.75. The number of hydrogen-bond donors (Lipinski definition) is 3. The average Bonchev–Trinajstić information content (AvgIpc) is 2.12. The van der Waals surface area contributed by atoms with Gasteiger partial charge in [0, 0.05) is 0 Å². The van der Waals surface area contributed by atoms with Gasteiger partial charge >= 0.3 is 5.97 Å². The van der Waals surface area contributed by atoms with Crippen LogP contribution < -0.4 is 5.73 Å². The molecule has 1 atom stereocenters. The number of nitrogens with two attached hydrogens (primary N) is 1. The first kappa shape index (κ1) is 10.4. The zero-order valence-corrected chi connectivity index (χ0v) is 6.87. The molecule has 0 saturated carbocycles. The Hall–Kier alpha value is -1.69. The van der Waals surface area contributed by atoms with Crippen LogP contribution in [-0.2, 0) is 4.79 Å². The van der Waals surface area contributed by atoms with Crippen molar-refractivity contribution >= 4 is 5.97 Å². The van der Waals surface area contributed by atoms with Gasteiger partial charge in [0.15, 0.2) is 17.4 Å². The van der Waals surface area contributed by atoms with E-state index in [0.29, 0.717) is 12.1 Å². The van der Waals surface area contributed by atoms with Crippen molar-refractivity contribution < 1.29 is 23.8 Å². The zero-order chi connectivity index (χ0) is 10.9. The van der Waals surface area contributed by atoms with Gasteiger partial charge in [0.05, 0.1) is 0 Å². The number of aliphatic carboxylic acids is 1. The number of aromatic hydroxyl groups is 1. The summed E-state index contributed by atoms with van der Waals surface area (Å²) < 4.78 is 25.5. The summed E-state index contributed by atoms with van der Waals surface area (Å²) in [7, 11) is 0. The molecule has 1 aromatic rings. The van der Waals surface area contributed by atoms with Crippen LogP contribution in [0.3, 0.4) is 0 Å². The third-order valence-electron chi connectivity index (χ3n) is 1.66. The van der Waals surface area contributed by atoms with Crippen LogP contribution in [0.25, 0.3) is 0 Å². The summed E-state index contributed by atoms with van der Waals surface area (Å²) in [5.74, 6) is -5.03. The Morgan fingerprint density at radius 3 is 2.14 bits per heavy atom. The average molecular weight is 203 g/mol. The Kier molecular flexibility index (Phi) is 2.66. The molecule has 0 saturated heterocycles. The molecule has 0 aliphatic carbocycles. The van der Waals surface area contributed by atoms with Crippen LogP contribution in [-0.4, -0.2) is 16.2 Å². The third-order valence-corrected chi connectivity index (χ3v) is 1.66. The molecule has 0 aliphatic heterocycles. The van der Waals surface area contributed by atoms with Crippen molar-refractivity contribution in [1.82, 2.24) is 0 Å². The topological polar surface area (TPSA) is 83.6 Å². The van der Waals surface area contributed by atoms with Gasteiger partial charge in [-0.2, -0.15) is 0 Å². The van der Waals surface area contributed by atoms with Gasteiger partial charge < -0.3 is 15.9 Å². The van der Waals surface area contributed by atoms with Crippen LogP contribution in [0.4, 0.5) is 8.78 Å². The number of carboxylic acids is 1. The van der Waals surface area contributed by atoms with E-state index in [-0.39, 0.29) is 5.56 Å². The van der Waals surface area contributed by atoms with E-state index in [1.165, 1.54) is 0 Å². The molecule has 4 nitrogen and oxygen atoms in total. The van der Waals surface area contributed by atoms with Crippen LogP contribution in [0.15, 0.2) is 12.1 Å². The number of benzene rings is 1. The molecule has 0 aliphatic rings. The molecule has 0 unspecified atom stereocenters. The van der Waals surface area contributed by atoms with E-state index in [4.69, 9.17) is 15.9 Å². The summed E-state index contributed by atoms with van der Waals surface area (Å²) in [6, 6.07) is -0.159. The van der Waals surface area contributed by atoms with Crippen LogP contribution in [0, 0.1) is 11.6 Å². The van der Waals surface area contributed by atoms with Gasteiger partial charge in [-0.3, -0.25) is 4.79 Å². The third kappa shape index (κ3) is 1.80. The van der Waals surface area contributed by atoms with Crippen molar-refractivity contribution in [2.75, 3.05) is 0 Å². The number of phenolic OH excluding ortho intramolecular Hbond substituents is 1. The fourth-order valence-electron chi connectivity index (χ4n) is 0.907. The van der Waals surface area contributed by atoms with E-state index in [1.54, 1.807) is 0 Å². The summed E-state index contributed by atoms with van der Waals surface area (Å²) in [6.07, 6.45) is 0. The van der Waals surface area contributed by atoms with Crippen molar-refractivity contribution in [2.24, 2.45) is 5.73 Å². The van der Waals surface area contributed by atoms with Gasteiger partial charge in [0.25, 0.3) is 0 Å². The Morgan fingerprint density at radius 1 is 1.36 bits per heavy atom. The van der Waals surface area contributed by atoms with Gasteiger partial charge in [0.1, 0.15) is 6.04 Å². The smallest absolute Gasteiger partial charge is 0.325 e. The van der Waals surface area contributed by atoms with Gasteiger partial charge in [-0.25, -0.2) is 8.78 Å². The summed E-state index contributed by atoms with van der Waals surface area (Å²) in [5.41, 5.74) is 4.87. The molecule has 1 rings (SSSR count). The molecular weight excluding hydrogens is 196 g/mol. The minimum atomic E-state index is -1.51. The van der Waals surface area contributed by atoms with E-state index in [2.05, 4.69) is 0 Å². The number of carboxylic acid groups (broad SMARTS) is 1. The predicted molar refractivity (Wildman–Crippen MR) is 42.6 cm³/mol. The lowest BCUT2D eigenvalue weighted by molar-refractivity contribution is -0.138. The van der Waals surface area contributed by atoms with E-state index < -0.39 is 29.4 Å². The monoisotopic (exact) mass is 203 g/mol. The quantitative estimate of drug-likeness (QED) is 0.662. The lowest BCUT2D eigenvalue weighted by Crippen LogP contribution is -2.20. The first-order valence-electron chi connectivity index (χ1n) is 3.59. The fourth-order valence-corrected chi connectivity index (χ4v) is 0.907. The minimum Gasteiger partial charge on any atom is -0.503 e. The number of halogens is 2. The molecule has 1 aromatic carbocycles. The molecule has 76 valence electrons. The highest BCUT2D eigenvalue weighted by atomic mass is 19.1. The molecule has 0 heterocycles. The minimum absolute atomic E-state index is 0.245. The van der Waals surface area contributed by atoms with E-state index in [0.717, 1.165) is 0 Å². The maximum atomic E-state index is 12.7. The lowest BCUT2D eigenvalue weighted by atomic mass is 10.1. The number of rotatable bonds is 2. The Morgan fingerprint density at radius 2 is 1.79 bits per heavy atom. The number of hydrogen-bond acceptors (Lipinski definition) is 3. The second kappa shape index (κ2) is 3.59. The van der Waals surface area contributed by atoms with E-state index in [9.17, 15) is 13.6 Å². The molecule has 0 fully saturated rings. The van der Waals surface area contributed by atoms with Crippen molar-refractivity contribution in [3.8, 4) is 5.75 Å². The van der Waals surface area contributed by atoms with Gasteiger partial charge in [-0.05, 0) is 17.7 Å². The standard InChI is InChI=1S/C8H7F2NO3/c9-4-1-3(6(11)8(13)14)2-5(10)7(4)12/h1-2,6,12H,11H2,(H,13,14)/t6-/m0/s1. The lowest BCUT2D eigenvalue weighted by Gasteiger charge is -2.07. The Bertz CT molecular complexity index is 358. The molecule has 0 amide bonds. The van der Waals surface area contributed by atoms with Crippen LogP contribution in [0.1, 0.15) is 11.6 Å². The maximum Gasteiger partial charge on any atom is 0.325 e. The van der Waals surface area contributed by atoms with Gasteiger partial charge in [-0.1, -0.05) is 0 Å². The first-order valence-corrected chi connectivity index (χ1v) is 3.59. The molecule has 0 aromatic heterocycles. The second-order valence-corrected chi connectivity index (χ2v) is 2.65. The molecule has 4 N–H and O–H groups in total. The molecule has 0 spiro atoms. The summed E-state index contributed by atoms with van der Waals surface area (Å²) in [4.78, 5) is 10.4. The van der Waals surface area contributed by atoms with E-state index >= 15 is 0 Å². The van der Waals surface area contributed by atoms with Gasteiger partial charge in [-0.15, -0.1) is 0 Å². The van der Waals surface area contributed by atoms with Crippen LogP contribution >= 0.6 is 0 Å². The van der Waals surface area contributed by atoms with Crippen molar-refractivity contribution in [3.05, 3.63) is 29.3 Å². The summed E-state index contributed by atoms with van der Waals surface area (Å²) in [5, 5.41) is 17.2. The number of carbonyl (C=O) groups is 1. The zero-order valence-electron chi connectivity index (χ0n) is 6.87. The first-order chi connectivity index (χ1) is 6.43. The normalized spacial score (nSPS) is 12.5. The highest BCUT2D eigenvalue weighted by Crippen LogP contribution is 2.23. The fraction of sp³-hybridized carbons (Fsp3) is 0.125. The van der Waals surface area contributed by atoms with Crippen molar-refractivity contribution in [1.29, 1.82) is 0 Å².